The SMILES string of the molecule is CCOC(=O)c1ccn2nc(-c3cccc(OC)n3)nc(Oc3ccccc3)c12. The molecular formula is C21H18N4O4. The van der Waals surface area contributed by atoms with Crippen LogP contribution in [0.15, 0.2) is 60.8 Å². The number of esters is 1. The van der Waals surface area contributed by atoms with Crippen LogP contribution in [0.4, 0.5) is 0 Å². The first-order chi connectivity index (χ1) is 14.2. The van der Waals surface area contributed by atoms with E-state index in [9.17, 15) is 4.79 Å². The number of nitrogens with zero attached hydrogens (tertiary/aromatic N) is 4. The fraction of sp³-hybridized carbons (Fsp3) is 0.143. The van der Waals surface area contributed by atoms with Crippen molar-refractivity contribution in [3.8, 4) is 29.0 Å². The van der Waals surface area contributed by atoms with E-state index in [1.807, 2.05) is 18.2 Å². The van der Waals surface area contributed by atoms with Gasteiger partial charge in [0.2, 0.25) is 17.6 Å². The lowest BCUT2D eigenvalue weighted by Gasteiger charge is -2.10. The molecule has 0 amide bonds. The van der Waals surface area contributed by atoms with Crippen molar-refractivity contribution in [1.29, 1.82) is 0 Å². The van der Waals surface area contributed by atoms with E-state index < -0.39 is 5.97 Å². The fourth-order valence-corrected chi connectivity index (χ4v) is 2.80. The highest BCUT2D eigenvalue weighted by atomic mass is 16.5. The Hall–Kier alpha value is -3.94. The number of hydrogen-bond donors (Lipinski definition) is 0. The molecule has 0 aliphatic heterocycles. The van der Waals surface area contributed by atoms with Gasteiger partial charge in [0.1, 0.15) is 17.0 Å². The smallest absolute Gasteiger partial charge is 0.340 e. The second kappa shape index (κ2) is 7.97. The summed E-state index contributed by atoms with van der Waals surface area (Å²) in [6.07, 6.45) is 1.66. The van der Waals surface area contributed by atoms with Crippen LogP contribution < -0.4 is 9.47 Å². The first-order valence-corrected chi connectivity index (χ1v) is 9.00. The highest BCUT2D eigenvalue weighted by Gasteiger charge is 2.21. The summed E-state index contributed by atoms with van der Waals surface area (Å²) in [5.74, 6) is 1.10. The normalized spacial score (nSPS) is 10.7. The molecule has 0 radical (unpaired) electrons. The van der Waals surface area contributed by atoms with E-state index in [1.165, 1.54) is 11.6 Å². The number of para-hydroxylation sites is 1. The maximum atomic E-state index is 12.4. The van der Waals surface area contributed by atoms with E-state index in [1.54, 1.807) is 49.5 Å². The van der Waals surface area contributed by atoms with Crippen LogP contribution in [0.5, 0.6) is 17.5 Å². The third-order valence-corrected chi connectivity index (χ3v) is 4.09. The number of fused-ring (bicyclic) bond motifs is 1. The molecule has 0 fully saturated rings. The summed E-state index contributed by atoms with van der Waals surface area (Å²) in [4.78, 5) is 21.3. The number of hydrogen-bond acceptors (Lipinski definition) is 7. The summed E-state index contributed by atoms with van der Waals surface area (Å²) < 4.78 is 17.9. The number of rotatable bonds is 6. The third-order valence-electron chi connectivity index (χ3n) is 4.09. The number of carbonyl (C=O) groups excluding carboxylic acids is 1. The monoisotopic (exact) mass is 390 g/mol. The summed E-state index contributed by atoms with van der Waals surface area (Å²) in [6, 6.07) is 16.1. The Morgan fingerprint density at radius 2 is 1.86 bits per heavy atom. The van der Waals surface area contributed by atoms with Crippen molar-refractivity contribution >= 4 is 11.5 Å². The van der Waals surface area contributed by atoms with Crippen LogP contribution >= 0.6 is 0 Å². The Morgan fingerprint density at radius 3 is 2.62 bits per heavy atom. The molecule has 0 saturated carbocycles. The maximum Gasteiger partial charge on any atom is 0.340 e. The molecule has 4 aromatic rings. The molecule has 0 saturated heterocycles. The second-order valence-corrected chi connectivity index (χ2v) is 5.96. The molecule has 0 aliphatic rings. The van der Waals surface area contributed by atoms with Gasteiger partial charge in [-0.1, -0.05) is 24.3 Å². The molecule has 3 heterocycles. The number of benzene rings is 1. The zero-order valence-corrected chi connectivity index (χ0v) is 15.9. The molecule has 4 rings (SSSR count). The van der Waals surface area contributed by atoms with Gasteiger partial charge < -0.3 is 14.2 Å². The Bertz CT molecular complexity index is 1160. The molecule has 0 spiro atoms. The molecule has 8 heteroatoms. The number of ether oxygens (including phenoxy) is 3. The molecule has 29 heavy (non-hydrogen) atoms. The van der Waals surface area contributed by atoms with Crippen molar-refractivity contribution in [2.45, 2.75) is 6.92 Å². The summed E-state index contributed by atoms with van der Waals surface area (Å²) >= 11 is 0. The zero-order chi connectivity index (χ0) is 20.2. The van der Waals surface area contributed by atoms with Crippen molar-refractivity contribution in [1.82, 2.24) is 19.6 Å². The number of aromatic nitrogens is 4. The lowest BCUT2D eigenvalue weighted by molar-refractivity contribution is 0.0528. The molecule has 0 atom stereocenters. The van der Waals surface area contributed by atoms with Crippen molar-refractivity contribution in [2.75, 3.05) is 13.7 Å². The van der Waals surface area contributed by atoms with E-state index in [-0.39, 0.29) is 12.5 Å². The van der Waals surface area contributed by atoms with Gasteiger partial charge in [0, 0.05) is 12.3 Å². The van der Waals surface area contributed by atoms with Gasteiger partial charge in [0.15, 0.2) is 0 Å². The van der Waals surface area contributed by atoms with Gasteiger partial charge in [-0.25, -0.2) is 14.3 Å². The van der Waals surface area contributed by atoms with E-state index >= 15 is 0 Å². The quantitative estimate of drug-likeness (QED) is 0.463. The van der Waals surface area contributed by atoms with Gasteiger partial charge >= 0.3 is 5.97 Å². The van der Waals surface area contributed by atoms with E-state index in [0.717, 1.165) is 0 Å². The summed E-state index contributed by atoms with van der Waals surface area (Å²) in [5, 5.41) is 4.49. The Kier molecular flexibility index (Phi) is 5.07. The van der Waals surface area contributed by atoms with Gasteiger partial charge in [-0.05, 0) is 31.2 Å². The fourth-order valence-electron chi connectivity index (χ4n) is 2.80. The summed E-state index contributed by atoms with van der Waals surface area (Å²) in [5.41, 5.74) is 1.25. The Morgan fingerprint density at radius 1 is 1.03 bits per heavy atom. The minimum Gasteiger partial charge on any atom is -0.481 e. The van der Waals surface area contributed by atoms with Crippen LogP contribution in [-0.4, -0.2) is 39.3 Å². The van der Waals surface area contributed by atoms with Gasteiger partial charge in [0.05, 0.1) is 19.3 Å². The Labute approximate surface area is 166 Å². The number of methoxy groups -OCH3 is 1. The van der Waals surface area contributed by atoms with Gasteiger partial charge in [-0.15, -0.1) is 5.10 Å². The average molecular weight is 390 g/mol. The molecule has 0 unspecified atom stereocenters. The van der Waals surface area contributed by atoms with E-state index in [2.05, 4.69) is 15.1 Å². The van der Waals surface area contributed by atoms with Crippen molar-refractivity contribution in [3.05, 3.63) is 66.4 Å². The molecular weight excluding hydrogens is 372 g/mol. The standard InChI is InChI=1S/C21H18N4O4/c1-3-28-21(26)15-12-13-25-18(15)20(29-14-8-5-4-6-9-14)23-19(24-25)16-10-7-11-17(22-16)27-2/h4-13H,3H2,1-2H3. The molecule has 3 aromatic heterocycles. The topological polar surface area (TPSA) is 87.8 Å². The third kappa shape index (κ3) is 3.73. The molecule has 8 nitrogen and oxygen atoms in total. The molecule has 0 bridgehead atoms. The van der Waals surface area contributed by atoms with Gasteiger partial charge in [-0.2, -0.15) is 4.98 Å². The number of pyridine rings is 1. The predicted octanol–water partition coefficient (Wildman–Crippen LogP) is 3.77. The summed E-state index contributed by atoms with van der Waals surface area (Å²) in [6.45, 7) is 2.01. The molecule has 146 valence electrons. The van der Waals surface area contributed by atoms with E-state index in [4.69, 9.17) is 14.2 Å². The van der Waals surface area contributed by atoms with Crippen LogP contribution in [-0.2, 0) is 4.74 Å². The number of carbonyl (C=O) groups is 1. The van der Waals surface area contributed by atoms with Gasteiger partial charge in [0.25, 0.3) is 0 Å². The largest absolute Gasteiger partial charge is 0.481 e. The van der Waals surface area contributed by atoms with Gasteiger partial charge in [-0.3, -0.25) is 0 Å². The molecule has 0 aliphatic carbocycles. The molecule has 1 aromatic carbocycles. The maximum absolute atomic E-state index is 12.4. The molecule has 0 N–H and O–H groups in total. The van der Waals surface area contributed by atoms with Crippen LogP contribution in [0.25, 0.3) is 17.0 Å². The highest BCUT2D eigenvalue weighted by Crippen LogP contribution is 2.29. The lowest BCUT2D eigenvalue weighted by Crippen LogP contribution is -2.07. The minimum atomic E-state index is -0.469. The second-order valence-electron chi connectivity index (χ2n) is 5.96. The first kappa shape index (κ1) is 18.4. The van der Waals surface area contributed by atoms with Crippen LogP contribution in [0.2, 0.25) is 0 Å². The predicted molar refractivity (Wildman–Crippen MR) is 105 cm³/mol. The van der Waals surface area contributed by atoms with Crippen LogP contribution in [0.1, 0.15) is 17.3 Å². The zero-order valence-electron chi connectivity index (χ0n) is 15.9. The highest BCUT2D eigenvalue weighted by molar-refractivity contribution is 5.98. The van der Waals surface area contributed by atoms with E-state index in [0.29, 0.717) is 34.2 Å². The lowest BCUT2D eigenvalue weighted by atomic mass is 10.3. The average Bonchev–Trinajstić information content (AvgIpc) is 3.19. The Balaban J connectivity index is 1.88. The minimum absolute atomic E-state index is 0.221. The first-order valence-electron chi connectivity index (χ1n) is 9.00. The van der Waals surface area contributed by atoms with Crippen molar-refractivity contribution in [2.24, 2.45) is 0 Å². The summed E-state index contributed by atoms with van der Waals surface area (Å²) in [7, 11) is 1.54. The van der Waals surface area contributed by atoms with Crippen molar-refractivity contribution < 1.29 is 19.0 Å². The van der Waals surface area contributed by atoms with Crippen LogP contribution in [0, 0.1) is 0 Å². The van der Waals surface area contributed by atoms with Crippen LogP contribution in [0.3, 0.4) is 0 Å². The van der Waals surface area contributed by atoms with Crippen molar-refractivity contribution in [3.63, 3.8) is 0 Å².